The molecule has 5 rings (SSSR count). The van der Waals surface area contributed by atoms with Gasteiger partial charge in [0, 0.05) is 35.3 Å². The Morgan fingerprint density at radius 1 is 0.935 bits per heavy atom. The van der Waals surface area contributed by atoms with Crippen molar-refractivity contribution in [3.05, 3.63) is 102 Å². The molecule has 0 spiro atoms. The number of para-hydroxylation sites is 1. The van der Waals surface area contributed by atoms with Gasteiger partial charge in [-0.1, -0.05) is 66.7 Å². The highest BCUT2D eigenvalue weighted by Crippen LogP contribution is 2.35. The molecule has 0 radical (unpaired) electrons. The molecule has 0 unspecified atom stereocenters. The third-order valence-electron chi connectivity index (χ3n) is 5.20. The molecule has 0 aliphatic carbocycles. The number of aromatic nitrogens is 2. The van der Waals surface area contributed by atoms with Crippen LogP contribution in [0.25, 0.3) is 33.7 Å². The molecule has 2 aromatic heterocycles. The van der Waals surface area contributed by atoms with E-state index in [1.54, 1.807) is 0 Å². The van der Waals surface area contributed by atoms with Crippen molar-refractivity contribution in [1.82, 2.24) is 9.55 Å². The number of carbonyl (C=O) groups excluding carboxylic acids is 1. The molecule has 0 atom stereocenters. The van der Waals surface area contributed by atoms with Gasteiger partial charge in [0.2, 0.25) is 5.89 Å². The van der Waals surface area contributed by atoms with Gasteiger partial charge in [-0.25, -0.2) is 9.78 Å². The summed E-state index contributed by atoms with van der Waals surface area (Å²) in [5, 5.41) is 0.984. The number of aryl methyl sites for hydroxylation is 1. The van der Waals surface area contributed by atoms with Gasteiger partial charge < -0.3 is 13.7 Å². The number of carbonyl (C=O) groups is 1. The summed E-state index contributed by atoms with van der Waals surface area (Å²) in [7, 11) is 1.97. The summed E-state index contributed by atoms with van der Waals surface area (Å²) in [6.07, 6.45) is 1.95. The van der Waals surface area contributed by atoms with E-state index in [0.29, 0.717) is 11.7 Å². The summed E-state index contributed by atoms with van der Waals surface area (Å²) >= 11 is 0. The average Bonchev–Trinajstić information content (AvgIpc) is 3.41. The molecule has 2 heterocycles. The van der Waals surface area contributed by atoms with Crippen LogP contribution in [0.15, 0.2) is 95.5 Å². The van der Waals surface area contributed by atoms with Gasteiger partial charge in [0.15, 0.2) is 11.5 Å². The van der Waals surface area contributed by atoms with Crippen molar-refractivity contribution in [2.45, 2.75) is 6.61 Å². The van der Waals surface area contributed by atoms with Crippen molar-refractivity contribution in [2.75, 3.05) is 0 Å². The molecule has 0 N–H and O–H groups in total. The second kappa shape index (κ2) is 7.95. The first-order valence-electron chi connectivity index (χ1n) is 10.0. The lowest BCUT2D eigenvalue weighted by atomic mass is 10.1. The van der Waals surface area contributed by atoms with E-state index in [0.717, 1.165) is 27.6 Å². The van der Waals surface area contributed by atoms with E-state index in [-0.39, 0.29) is 12.3 Å². The molecule has 152 valence electrons. The number of oxazole rings is 1. The van der Waals surface area contributed by atoms with Crippen LogP contribution in [0.3, 0.4) is 0 Å². The van der Waals surface area contributed by atoms with E-state index in [2.05, 4.69) is 4.98 Å². The monoisotopic (exact) mass is 408 g/mol. The number of fused-ring (bicyclic) bond motifs is 1. The van der Waals surface area contributed by atoms with E-state index < -0.39 is 5.97 Å². The molecule has 31 heavy (non-hydrogen) atoms. The third-order valence-corrected chi connectivity index (χ3v) is 5.20. The Hall–Kier alpha value is -4.12. The van der Waals surface area contributed by atoms with Crippen LogP contribution in [0, 0.1) is 0 Å². The minimum Gasteiger partial charge on any atom is -0.456 e. The van der Waals surface area contributed by atoms with Gasteiger partial charge in [-0.05, 0) is 23.8 Å². The van der Waals surface area contributed by atoms with Gasteiger partial charge >= 0.3 is 5.97 Å². The SMILES string of the molecule is Cn1cc(-c2oc(-c3ccccc3)nc2C(=O)OCc2ccccc2)c2ccccc21. The molecular formula is C26H20N2O3. The molecule has 0 aliphatic heterocycles. The molecule has 5 nitrogen and oxygen atoms in total. The van der Waals surface area contributed by atoms with Gasteiger partial charge in [0.25, 0.3) is 0 Å². The van der Waals surface area contributed by atoms with Crippen molar-refractivity contribution in [1.29, 1.82) is 0 Å². The van der Waals surface area contributed by atoms with Crippen LogP contribution < -0.4 is 0 Å². The molecule has 0 aliphatic rings. The number of benzene rings is 3. The van der Waals surface area contributed by atoms with Crippen LogP contribution in [-0.2, 0) is 18.4 Å². The number of esters is 1. The first-order valence-corrected chi connectivity index (χ1v) is 10.0. The van der Waals surface area contributed by atoms with Crippen LogP contribution in [0.2, 0.25) is 0 Å². The summed E-state index contributed by atoms with van der Waals surface area (Å²) in [4.78, 5) is 17.6. The standard InChI is InChI=1S/C26H20N2O3/c1-28-16-21(20-14-8-9-15-22(20)28)24-23(26(29)30-17-18-10-4-2-5-11-18)27-25(31-24)19-12-6-3-7-13-19/h2-16H,17H2,1H3. The predicted molar refractivity (Wildman–Crippen MR) is 119 cm³/mol. The smallest absolute Gasteiger partial charge is 0.361 e. The zero-order chi connectivity index (χ0) is 21.2. The maximum atomic E-state index is 13.0. The van der Waals surface area contributed by atoms with Gasteiger partial charge in [-0.2, -0.15) is 0 Å². The Balaban J connectivity index is 1.59. The van der Waals surface area contributed by atoms with Gasteiger partial charge in [0.1, 0.15) is 6.61 Å². The Bertz CT molecular complexity index is 1350. The Morgan fingerprint density at radius 2 is 1.61 bits per heavy atom. The van der Waals surface area contributed by atoms with Crippen molar-refractivity contribution < 1.29 is 13.9 Å². The fourth-order valence-electron chi connectivity index (χ4n) is 3.66. The van der Waals surface area contributed by atoms with E-state index in [4.69, 9.17) is 9.15 Å². The van der Waals surface area contributed by atoms with Crippen LogP contribution in [0.1, 0.15) is 16.1 Å². The molecule has 5 heteroatoms. The van der Waals surface area contributed by atoms with E-state index >= 15 is 0 Å². The molecular weight excluding hydrogens is 388 g/mol. The van der Waals surface area contributed by atoms with Crippen molar-refractivity contribution in [3.63, 3.8) is 0 Å². The highest BCUT2D eigenvalue weighted by Gasteiger charge is 2.26. The largest absolute Gasteiger partial charge is 0.456 e. The first-order chi connectivity index (χ1) is 15.2. The number of ether oxygens (including phenoxy) is 1. The number of nitrogens with zero attached hydrogens (tertiary/aromatic N) is 2. The maximum absolute atomic E-state index is 13.0. The molecule has 0 amide bonds. The van der Waals surface area contributed by atoms with Crippen LogP contribution >= 0.6 is 0 Å². The lowest BCUT2D eigenvalue weighted by Crippen LogP contribution is -2.07. The highest BCUT2D eigenvalue weighted by atomic mass is 16.5. The molecule has 0 bridgehead atoms. The number of hydrogen-bond acceptors (Lipinski definition) is 4. The summed E-state index contributed by atoms with van der Waals surface area (Å²) in [5.41, 5.74) is 3.73. The Kier molecular flexibility index (Phi) is 4.84. The van der Waals surface area contributed by atoms with E-state index in [1.807, 2.05) is 103 Å². The van der Waals surface area contributed by atoms with E-state index in [9.17, 15) is 4.79 Å². The Morgan fingerprint density at radius 3 is 2.39 bits per heavy atom. The van der Waals surface area contributed by atoms with Crippen LogP contribution in [-0.4, -0.2) is 15.5 Å². The van der Waals surface area contributed by atoms with E-state index in [1.165, 1.54) is 0 Å². The first kappa shape index (κ1) is 18.9. The summed E-state index contributed by atoms with van der Waals surface area (Å²) < 4.78 is 13.7. The Labute approximate surface area is 179 Å². The summed E-state index contributed by atoms with van der Waals surface area (Å²) in [5.74, 6) is 0.279. The molecule has 0 saturated heterocycles. The summed E-state index contributed by atoms with van der Waals surface area (Å²) in [6.45, 7) is 0.169. The molecule has 0 fully saturated rings. The average molecular weight is 408 g/mol. The topological polar surface area (TPSA) is 57.3 Å². The van der Waals surface area contributed by atoms with Crippen molar-refractivity contribution >= 4 is 16.9 Å². The van der Waals surface area contributed by atoms with Gasteiger partial charge in [0.05, 0.1) is 0 Å². The second-order valence-corrected chi connectivity index (χ2v) is 7.30. The van der Waals surface area contributed by atoms with Crippen LogP contribution in [0.4, 0.5) is 0 Å². The quantitative estimate of drug-likeness (QED) is 0.342. The third kappa shape index (κ3) is 3.62. The highest BCUT2D eigenvalue weighted by molar-refractivity contribution is 6.01. The zero-order valence-corrected chi connectivity index (χ0v) is 17.0. The zero-order valence-electron chi connectivity index (χ0n) is 17.0. The van der Waals surface area contributed by atoms with Gasteiger partial charge in [-0.15, -0.1) is 0 Å². The predicted octanol–water partition coefficient (Wildman–Crippen LogP) is 5.86. The fraction of sp³-hybridized carbons (Fsp3) is 0.0769. The lowest BCUT2D eigenvalue weighted by molar-refractivity contribution is 0.0467. The lowest BCUT2D eigenvalue weighted by Gasteiger charge is -2.04. The fourth-order valence-corrected chi connectivity index (χ4v) is 3.66. The van der Waals surface area contributed by atoms with Crippen LogP contribution in [0.5, 0.6) is 0 Å². The van der Waals surface area contributed by atoms with Gasteiger partial charge in [-0.3, -0.25) is 0 Å². The molecule has 3 aromatic carbocycles. The number of rotatable bonds is 5. The normalized spacial score (nSPS) is 11.0. The van der Waals surface area contributed by atoms with Crippen molar-refractivity contribution in [3.8, 4) is 22.8 Å². The minimum atomic E-state index is -0.516. The van der Waals surface area contributed by atoms with Crippen molar-refractivity contribution in [2.24, 2.45) is 7.05 Å². The molecule has 0 saturated carbocycles. The second-order valence-electron chi connectivity index (χ2n) is 7.30. The minimum absolute atomic E-state index is 0.169. The number of hydrogen-bond donors (Lipinski definition) is 0. The summed E-state index contributed by atoms with van der Waals surface area (Å²) in [6, 6.07) is 27.1. The maximum Gasteiger partial charge on any atom is 0.361 e. The molecule has 5 aromatic rings.